The van der Waals surface area contributed by atoms with Crippen LogP contribution in [0.3, 0.4) is 0 Å². The zero-order valence-corrected chi connectivity index (χ0v) is 9.31. The number of carboxylic acids is 1. The van der Waals surface area contributed by atoms with Crippen LogP contribution in [-0.2, 0) is 0 Å². The number of hydrogen-bond donors (Lipinski definition) is 2. The van der Waals surface area contributed by atoms with Gasteiger partial charge in [0.15, 0.2) is 0 Å². The number of anilines is 2. The molecule has 4 heteroatoms. The predicted molar refractivity (Wildman–Crippen MR) is 63.8 cm³/mol. The van der Waals surface area contributed by atoms with Crippen LogP contribution in [0.15, 0.2) is 18.2 Å². The highest BCUT2D eigenvalue weighted by Crippen LogP contribution is 2.30. The van der Waals surface area contributed by atoms with Gasteiger partial charge in [0.1, 0.15) is 0 Å². The molecule has 1 aromatic carbocycles. The number of nitrogen functional groups attached to an aromatic ring is 1. The third-order valence-corrected chi connectivity index (χ3v) is 3.13. The van der Waals surface area contributed by atoms with E-state index in [1.807, 2.05) is 0 Å². The molecule has 3 N–H and O–H groups in total. The minimum Gasteiger partial charge on any atom is -0.478 e. The summed E-state index contributed by atoms with van der Waals surface area (Å²) in [6.07, 6.45) is 1.14. The first-order valence-electron chi connectivity index (χ1n) is 5.49. The lowest BCUT2D eigenvalue weighted by atomic mass is 9.95. The Hall–Kier alpha value is -1.71. The summed E-state index contributed by atoms with van der Waals surface area (Å²) < 4.78 is 0. The number of rotatable bonds is 3. The van der Waals surface area contributed by atoms with Gasteiger partial charge < -0.3 is 15.7 Å². The molecule has 1 aliphatic heterocycles. The molecule has 1 aliphatic rings. The van der Waals surface area contributed by atoms with E-state index in [0.29, 0.717) is 17.2 Å². The van der Waals surface area contributed by atoms with Gasteiger partial charge in [-0.2, -0.15) is 0 Å². The van der Waals surface area contributed by atoms with Gasteiger partial charge in [0, 0.05) is 18.8 Å². The Morgan fingerprint density at radius 1 is 1.56 bits per heavy atom. The molecule has 86 valence electrons. The molecule has 0 amide bonds. The van der Waals surface area contributed by atoms with Gasteiger partial charge in [0.05, 0.1) is 11.3 Å². The van der Waals surface area contributed by atoms with Gasteiger partial charge in [-0.3, -0.25) is 0 Å². The number of carbonyl (C=O) groups is 1. The van der Waals surface area contributed by atoms with E-state index in [2.05, 4.69) is 11.8 Å². The van der Waals surface area contributed by atoms with Crippen LogP contribution in [-0.4, -0.2) is 24.2 Å². The summed E-state index contributed by atoms with van der Waals surface area (Å²) in [5, 5.41) is 9.08. The topological polar surface area (TPSA) is 66.6 Å². The third-order valence-electron chi connectivity index (χ3n) is 3.13. The fraction of sp³-hybridized carbons (Fsp3) is 0.417. The summed E-state index contributed by atoms with van der Waals surface area (Å²) in [5.41, 5.74) is 7.39. The van der Waals surface area contributed by atoms with Crippen LogP contribution in [0, 0.1) is 5.92 Å². The Morgan fingerprint density at radius 3 is 2.81 bits per heavy atom. The molecule has 0 spiro atoms. The Bertz CT molecular complexity index is 411. The number of nitrogens with two attached hydrogens (primary N) is 1. The molecule has 16 heavy (non-hydrogen) atoms. The molecule has 0 aromatic heterocycles. The standard InChI is InChI=1S/C12H16N2O2/c1-2-8-6-14(7-8)11-5-9(13)3-4-10(11)12(15)16/h3-5,8H,2,6-7,13H2,1H3,(H,15,16). The monoisotopic (exact) mass is 220 g/mol. The van der Waals surface area contributed by atoms with Gasteiger partial charge in [-0.1, -0.05) is 6.92 Å². The lowest BCUT2D eigenvalue weighted by molar-refractivity contribution is 0.0697. The fourth-order valence-electron chi connectivity index (χ4n) is 2.02. The van der Waals surface area contributed by atoms with Gasteiger partial charge in [0.2, 0.25) is 0 Å². The lowest BCUT2D eigenvalue weighted by Crippen LogP contribution is -2.47. The highest BCUT2D eigenvalue weighted by atomic mass is 16.4. The van der Waals surface area contributed by atoms with Crippen LogP contribution in [0.2, 0.25) is 0 Å². The van der Waals surface area contributed by atoms with Crippen molar-refractivity contribution in [2.45, 2.75) is 13.3 Å². The van der Waals surface area contributed by atoms with Crippen LogP contribution >= 0.6 is 0 Å². The Morgan fingerprint density at radius 2 is 2.25 bits per heavy atom. The smallest absolute Gasteiger partial charge is 0.337 e. The lowest BCUT2D eigenvalue weighted by Gasteiger charge is -2.41. The number of nitrogens with zero attached hydrogens (tertiary/aromatic N) is 1. The number of hydrogen-bond acceptors (Lipinski definition) is 3. The maximum atomic E-state index is 11.1. The van der Waals surface area contributed by atoms with Crippen molar-refractivity contribution in [3.05, 3.63) is 23.8 Å². The highest BCUT2D eigenvalue weighted by molar-refractivity contribution is 5.95. The summed E-state index contributed by atoms with van der Waals surface area (Å²) in [6.45, 7) is 4.01. The van der Waals surface area contributed by atoms with Crippen molar-refractivity contribution in [3.8, 4) is 0 Å². The fourth-order valence-corrected chi connectivity index (χ4v) is 2.02. The highest BCUT2D eigenvalue weighted by Gasteiger charge is 2.28. The Labute approximate surface area is 94.7 Å². The predicted octanol–water partition coefficient (Wildman–Crippen LogP) is 1.81. The van der Waals surface area contributed by atoms with E-state index in [1.54, 1.807) is 18.2 Å². The summed E-state index contributed by atoms with van der Waals surface area (Å²) in [5.74, 6) is -0.210. The van der Waals surface area contributed by atoms with Crippen molar-refractivity contribution < 1.29 is 9.90 Å². The van der Waals surface area contributed by atoms with Crippen LogP contribution in [0.4, 0.5) is 11.4 Å². The second kappa shape index (κ2) is 4.04. The zero-order chi connectivity index (χ0) is 11.7. The minimum atomic E-state index is -0.894. The SMILES string of the molecule is CCC1CN(c2cc(N)ccc2C(=O)O)C1. The van der Waals surface area contributed by atoms with Crippen molar-refractivity contribution in [1.82, 2.24) is 0 Å². The van der Waals surface area contributed by atoms with Crippen molar-refractivity contribution >= 4 is 17.3 Å². The summed E-state index contributed by atoms with van der Waals surface area (Å²) in [7, 11) is 0. The number of carboxylic acid groups (broad SMARTS) is 1. The average Bonchev–Trinajstić information content (AvgIpc) is 2.15. The number of benzene rings is 1. The van der Waals surface area contributed by atoms with Gasteiger partial charge in [-0.05, 0) is 30.5 Å². The van der Waals surface area contributed by atoms with E-state index < -0.39 is 5.97 Å². The van der Waals surface area contributed by atoms with E-state index in [9.17, 15) is 4.79 Å². The van der Waals surface area contributed by atoms with Gasteiger partial charge in [-0.15, -0.1) is 0 Å². The molecular weight excluding hydrogens is 204 g/mol. The molecule has 2 rings (SSSR count). The van der Waals surface area contributed by atoms with Crippen LogP contribution in [0.5, 0.6) is 0 Å². The maximum absolute atomic E-state index is 11.1. The second-order valence-electron chi connectivity index (χ2n) is 4.26. The Balaban J connectivity index is 2.25. The minimum absolute atomic E-state index is 0.337. The van der Waals surface area contributed by atoms with Gasteiger partial charge >= 0.3 is 5.97 Å². The van der Waals surface area contributed by atoms with E-state index >= 15 is 0 Å². The molecule has 0 saturated carbocycles. The van der Waals surface area contributed by atoms with Crippen LogP contribution in [0.1, 0.15) is 23.7 Å². The molecule has 1 fully saturated rings. The summed E-state index contributed by atoms with van der Waals surface area (Å²) in [6, 6.07) is 4.95. The van der Waals surface area contributed by atoms with Crippen molar-refractivity contribution in [2.75, 3.05) is 23.7 Å². The van der Waals surface area contributed by atoms with E-state index in [0.717, 1.165) is 25.2 Å². The first-order chi connectivity index (χ1) is 7.61. The first kappa shape index (κ1) is 10.8. The van der Waals surface area contributed by atoms with Gasteiger partial charge in [-0.25, -0.2) is 4.79 Å². The second-order valence-corrected chi connectivity index (χ2v) is 4.26. The van der Waals surface area contributed by atoms with E-state index in [4.69, 9.17) is 10.8 Å². The molecule has 0 unspecified atom stereocenters. The van der Waals surface area contributed by atoms with Crippen LogP contribution in [0.25, 0.3) is 0 Å². The van der Waals surface area contributed by atoms with Gasteiger partial charge in [0.25, 0.3) is 0 Å². The number of aromatic carboxylic acids is 1. The first-order valence-corrected chi connectivity index (χ1v) is 5.49. The molecule has 4 nitrogen and oxygen atoms in total. The van der Waals surface area contributed by atoms with Crippen molar-refractivity contribution in [3.63, 3.8) is 0 Å². The normalized spacial score (nSPS) is 15.9. The summed E-state index contributed by atoms with van der Waals surface area (Å²) >= 11 is 0. The molecule has 0 radical (unpaired) electrons. The van der Waals surface area contributed by atoms with Crippen LogP contribution < -0.4 is 10.6 Å². The Kier molecular flexibility index (Phi) is 2.73. The van der Waals surface area contributed by atoms with Crippen molar-refractivity contribution in [1.29, 1.82) is 0 Å². The summed E-state index contributed by atoms with van der Waals surface area (Å²) in [4.78, 5) is 13.1. The van der Waals surface area contributed by atoms with E-state index in [1.165, 1.54) is 0 Å². The van der Waals surface area contributed by atoms with Crippen molar-refractivity contribution in [2.24, 2.45) is 5.92 Å². The molecular formula is C12H16N2O2. The average molecular weight is 220 g/mol. The maximum Gasteiger partial charge on any atom is 0.337 e. The zero-order valence-electron chi connectivity index (χ0n) is 9.31. The van der Waals surface area contributed by atoms with E-state index in [-0.39, 0.29) is 0 Å². The molecule has 0 aliphatic carbocycles. The molecule has 1 saturated heterocycles. The molecule has 0 bridgehead atoms. The largest absolute Gasteiger partial charge is 0.478 e. The third kappa shape index (κ3) is 1.83. The molecule has 0 atom stereocenters. The molecule has 1 aromatic rings. The quantitative estimate of drug-likeness (QED) is 0.762. The molecule has 1 heterocycles.